The van der Waals surface area contributed by atoms with Crippen LogP contribution >= 0.6 is 11.6 Å². The molecule has 0 atom stereocenters. The molecule has 9 heteroatoms. The van der Waals surface area contributed by atoms with Crippen molar-refractivity contribution in [3.63, 3.8) is 0 Å². The highest BCUT2D eigenvalue weighted by Crippen LogP contribution is 2.26. The molecule has 2 aliphatic heterocycles. The van der Waals surface area contributed by atoms with Gasteiger partial charge >= 0.3 is 6.09 Å². The highest BCUT2D eigenvalue weighted by Gasteiger charge is 2.31. The lowest BCUT2D eigenvalue weighted by molar-refractivity contribution is -0.133. The van der Waals surface area contributed by atoms with E-state index >= 15 is 0 Å². The van der Waals surface area contributed by atoms with Gasteiger partial charge in [-0.3, -0.25) is 9.59 Å². The molecule has 2 heterocycles. The highest BCUT2D eigenvalue weighted by atomic mass is 35.5. The molecule has 2 aliphatic rings. The zero-order chi connectivity index (χ0) is 29.9. The Hall–Kier alpha value is -3.36. The summed E-state index contributed by atoms with van der Waals surface area (Å²) < 4.78 is 5.61. The van der Waals surface area contributed by atoms with Gasteiger partial charge in [0.05, 0.1) is 0 Å². The van der Waals surface area contributed by atoms with Crippen molar-refractivity contribution in [2.75, 3.05) is 50.7 Å². The van der Waals surface area contributed by atoms with Gasteiger partial charge < -0.3 is 24.3 Å². The van der Waals surface area contributed by atoms with Crippen LogP contribution in [0.2, 0.25) is 5.02 Å². The van der Waals surface area contributed by atoms with E-state index in [-0.39, 0.29) is 36.5 Å². The van der Waals surface area contributed by atoms with Gasteiger partial charge in [0.2, 0.25) is 11.8 Å². The number of carbonyl (C=O) groups excluding carboxylic acids is 3. The predicted octanol–water partition coefficient (Wildman–Crippen LogP) is 5.61. The average molecular weight is 595 g/mol. The zero-order valence-corrected chi connectivity index (χ0v) is 25.4. The van der Waals surface area contributed by atoms with Gasteiger partial charge in [0, 0.05) is 68.9 Å². The van der Waals surface area contributed by atoms with Crippen molar-refractivity contribution in [2.45, 2.75) is 51.7 Å². The Morgan fingerprint density at radius 1 is 1.00 bits per heavy atom. The highest BCUT2D eigenvalue weighted by molar-refractivity contribution is 6.30. The van der Waals surface area contributed by atoms with E-state index in [1.54, 1.807) is 17.9 Å². The minimum atomic E-state index is -0.304. The van der Waals surface area contributed by atoms with Crippen molar-refractivity contribution in [3.8, 4) is 0 Å². The van der Waals surface area contributed by atoms with E-state index in [0.717, 1.165) is 50.1 Å². The molecule has 0 aromatic heterocycles. The summed E-state index contributed by atoms with van der Waals surface area (Å²) in [4.78, 5) is 46.2. The predicted molar refractivity (Wildman–Crippen MR) is 166 cm³/mol. The molecule has 0 N–H and O–H groups in total. The normalized spacial score (nSPS) is 16.6. The summed E-state index contributed by atoms with van der Waals surface area (Å²) in [6.45, 7) is 10.6. The molecule has 2 fully saturated rings. The fourth-order valence-corrected chi connectivity index (χ4v) is 6.08. The van der Waals surface area contributed by atoms with Crippen molar-refractivity contribution in [1.82, 2.24) is 14.7 Å². The molecule has 0 spiro atoms. The number of ether oxygens (including phenoxy) is 1. The quantitative estimate of drug-likeness (QED) is 0.316. The van der Waals surface area contributed by atoms with E-state index in [1.807, 2.05) is 64.4 Å². The van der Waals surface area contributed by atoms with Gasteiger partial charge in [0.25, 0.3) is 0 Å². The molecule has 0 aliphatic carbocycles. The fraction of sp³-hybridized carbons (Fsp3) is 0.485. The molecule has 3 amide bonds. The van der Waals surface area contributed by atoms with Gasteiger partial charge in [0.15, 0.2) is 0 Å². The minimum Gasteiger partial charge on any atom is -0.445 e. The lowest BCUT2D eigenvalue weighted by Gasteiger charge is -2.38. The van der Waals surface area contributed by atoms with Crippen molar-refractivity contribution >= 4 is 35.2 Å². The molecule has 0 unspecified atom stereocenters. The van der Waals surface area contributed by atoms with Crippen LogP contribution in [0.1, 0.15) is 44.6 Å². The number of hydrogen-bond acceptors (Lipinski definition) is 5. The molecule has 2 aromatic carbocycles. The van der Waals surface area contributed by atoms with Crippen molar-refractivity contribution in [3.05, 3.63) is 77.8 Å². The van der Waals surface area contributed by atoms with Gasteiger partial charge in [-0.2, -0.15) is 0 Å². The first-order chi connectivity index (χ1) is 20.4. The number of carbonyl (C=O) groups is 3. The third-order valence-corrected chi connectivity index (χ3v) is 8.53. The summed E-state index contributed by atoms with van der Waals surface area (Å²) in [7, 11) is 0. The molecule has 2 aromatic rings. The van der Waals surface area contributed by atoms with E-state index in [1.165, 1.54) is 0 Å². The van der Waals surface area contributed by atoms with Crippen LogP contribution in [0.25, 0.3) is 0 Å². The Balaban J connectivity index is 1.28. The zero-order valence-electron chi connectivity index (χ0n) is 24.6. The van der Waals surface area contributed by atoms with E-state index in [9.17, 15) is 14.4 Å². The van der Waals surface area contributed by atoms with E-state index in [4.69, 9.17) is 16.3 Å². The maximum atomic E-state index is 13.7. The topological polar surface area (TPSA) is 73.4 Å². The first kappa shape index (κ1) is 31.6. The van der Waals surface area contributed by atoms with Gasteiger partial charge in [-0.25, -0.2) is 4.79 Å². The molecule has 42 heavy (non-hydrogen) atoms. The third-order valence-electron chi connectivity index (χ3n) is 8.29. The number of anilines is 1. The number of hydrogen-bond donors (Lipinski definition) is 0. The van der Waals surface area contributed by atoms with Gasteiger partial charge in [-0.1, -0.05) is 54.1 Å². The van der Waals surface area contributed by atoms with E-state index < -0.39 is 0 Å². The molecule has 4 rings (SSSR count). The monoisotopic (exact) mass is 594 g/mol. The molecule has 226 valence electrons. The van der Waals surface area contributed by atoms with Crippen LogP contribution in [0.3, 0.4) is 0 Å². The molecule has 0 bridgehead atoms. The molecule has 0 saturated carbocycles. The maximum absolute atomic E-state index is 13.7. The minimum absolute atomic E-state index is 0.0630. The summed E-state index contributed by atoms with van der Waals surface area (Å²) in [6, 6.07) is 17.3. The number of rotatable bonds is 11. The number of piperidine rings is 2. The average Bonchev–Trinajstić information content (AvgIpc) is 3.01. The fourth-order valence-electron chi connectivity index (χ4n) is 5.89. The van der Waals surface area contributed by atoms with Crippen LogP contribution in [0.5, 0.6) is 0 Å². The first-order valence-electron chi connectivity index (χ1n) is 15.0. The van der Waals surface area contributed by atoms with Gasteiger partial charge in [-0.15, -0.1) is 6.58 Å². The molecular weight excluding hydrogens is 552 g/mol. The van der Waals surface area contributed by atoms with Crippen LogP contribution in [-0.2, 0) is 20.9 Å². The van der Waals surface area contributed by atoms with Crippen LogP contribution in [0, 0.1) is 5.92 Å². The Labute approximate surface area is 254 Å². The number of amides is 3. The number of likely N-dealkylation sites (tertiary alicyclic amines) is 2. The van der Waals surface area contributed by atoms with Crippen molar-refractivity contribution in [2.24, 2.45) is 5.92 Å². The second kappa shape index (κ2) is 15.8. The summed E-state index contributed by atoms with van der Waals surface area (Å²) in [5.74, 6) is 0.0640. The van der Waals surface area contributed by atoms with Crippen molar-refractivity contribution in [1.29, 1.82) is 0 Å². The number of nitrogens with zero attached hydrogens (tertiary/aromatic N) is 4. The standard InChI is InChI=1S/C33H43ClN4O4/c1-3-17-38(33(41)42-25-27-9-5-4-6-10-27)30-15-20-35(21-16-30)18-8-19-37(31-12-7-11-29(34)24-31)32(40)28-13-22-36(23-14-28)26(2)39/h3-7,9-12,24,28,30H,1,8,13-23,25H2,2H3. The lowest BCUT2D eigenvalue weighted by atomic mass is 9.94. The number of benzene rings is 2. The van der Waals surface area contributed by atoms with E-state index in [0.29, 0.717) is 44.0 Å². The van der Waals surface area contributed by atoms with Crippen LogP contribution in [0.15, 0.2) is 67.3 Å². The van der Waals surface area contributed by atoms with Gasteiger partial charge in [0.1, 0.15) is 6.61 Å². The van der Waals surface area contributed by atoms with Crippen molar-refractivity contribution < 1.29 is 19.1 Å². The Kier molecular flexibility index (Phi) is 11.8. The largest absolute Gasteiger partial charge is 0.445 e. The van der Waals surface area contributed by atoms with E-state index in [2.05, 4.69) is 11.5 Å². The van der Waals surface area contributed by atoms with Crippen LogP contribution in [0.4, 0.5) is 10.5 Å². The molecule has 2 saturated heterocycles. The second-order valence-corrected chi connectivity index (χ2v) is 11.6. The summed E-state index contributed by atoms with van der Waals surface area (Å²) in [5, 5.41) is 0.602. The Bertz CT molecular complexity index is 1190. The summed E-state index contributed by atoms with van der Waals surface area (Å²) in [6.07, 6.45) is 5.35. The smallest absolute Gasteiger partial charge is 0.410 e. The first-order valence-corrected chi connectivity index (χ1v) is 15.4. The van der Waals surface area contributed by atoms with Gasteiger partial charge in [-0.05, 0) is 62.4 Å². The SMILES string of the molecule is C=CCN(C(=O)OCc1ccccc1)C1CCN(CCCN(C(=O)C2CCN(C(C)=O)CC2)c2cccc(Cl)c2)CC1. The Morgan fingerprint density at radius 3 is 2.36 bits per heavy atom. The number of halogens is 1. The van der Waals surface area contributed by atoms with Crippen LogP contribution in [-0.4, -0.2) is 84.5 Å². The maximum Gasteiger partial charge on any atom is 0.410 e. The Morgan fingerprint density at radius 2 is 1.71 bits per heavy atom. The molecule has 8 nitrogen and oxygen atoms in total. The second-order valence-electron chi connectivity index (χ2n) is 11.2. The lowest BCUT2D eigenvalue weighted by Crippen LogP contribution is -2.48. The molecular formula is C33H43ClN4O4. The van der Waals surface area contributed by atoms with Crippen LogP contribution < -0.4 is 4.90 Å². The molecule has 0 radical (unpaired) electrons. The summed E-state index contributed by atoms with van der Waals surface area (Å²) >= 11 is 6.29. The summed E-state index contributed by atoms with van der Waals surface area (Å²) in [5.41, 5.74) is 1.78. The third kappa shape index (κ3) is 8.82.